The Morgan fingerprint density at radius 3 is 1.52 bits per heavy atom. The average molecular weight is 790 g/mol. The molecule has 0 heterocycles. The van der Waals surface area contributed by atoms with Crippen LogP contribution in [-0.2, 0) is 19.1 Å². The number of carbonyl (C=O) groups is 2. The summed E-state index contributed by atoms with van der Waals surface area (Å²) in [7, 11) is 1.67. The molecule has 0 unspecified atom stereocenters. The summed E-state index contributed by atoms with van der Waals surface area (Å²) in [5.74, 6) is -0.0724. The van der Waals surface area contributed by atoms with Gasteiger partial charge in [-0.15, -0.1) is 0 Å². The Morgan fingerprint density at radius 1 is 0.518 bits per heavy atom. The highest BCUT2D eigenvalue weighted by Gasteiger charge is 2.19. The van der Waals surface area contributed by atoms with Gasteiger partial charge in [-0.2, -0.15) is 0 Å². The van der Waals surface area contributed by atoms with Crippen LogP contribution in [0.25, 0.3) is 0 Å². The van der Waals surface area contributed by atoms with Gasteiger partial charge >= 0.3 is 11.9 Å². The number of unbranched alkanes of at least 4 members (excludes halogenated alkanes) is 21. The van der Waals surface area contributed by atoms with Crippen LogP contribution < -0.4 is 21.5 Å². The first-order valence-electron chi connectivity index (χ1n) is 23.7. The summed E-state index contributed by atoms with van der Waals surface area (Å²) in [6.45, 7) is 10.7. The number of esters is 2. The fraction of sp³-hybridized carbons (Fsp3) is 0.872. The van der Waals surface area contributed by atoms with Gasteiger partial charge in [0, 0.05) is 26.4 Å². The minimum absolute atomic E-state index is 0.0312. The van der Waals surface area contributed by atoms with E-state index in [1.165, 1.54) is 103 Å². The molecule has 9 heteroatoms. The van der Waals surface area contributed by atoms with E-state index < -0.39 is 10.9 Å². The van der Waals surface area contributed by atoms with Crippen molar-refractivity contribution < 1.29 is 19.1 Å². The fourth-order valence-electron chi connectivity index (χ4n) is 7.52. The summed E-state index contributed by atoms with van der Waals surface area (Å²) in [5.41, 5.74) is -0.0783. The summed E-state index contributed by atoms with van der Waals surface area (Å²) in [6, 6.07) is 0. The van der Waals surface area contributed by atoms with Gasteiger partial charge in [-0.25, -0.2) is 0 Å². The first-order valence-corrected chi connectivity index (χ1v) is 23.7. The molecule has 2 N–H and O–H groups in total. The first-order chi connectivity index (χ1) is 27.4. The van der Waals surface area contributed by atoms with Crippen molar-refractivity contribution in [3.63, 3.8) is 0 Å². The molecule has 0 aliphatic carbocycles. The average Bonchev–Trinajstić information content (AvgIpc) is 3.20. The molecule has 0 atom stereocenters. The smallest absolute Gasteiger partial charge is 0.306 e. The van der Waals surface area contributed by atoms with Gasteiger partial charge in [0.15, 0.2) is 0 Å². The number of nitrogens with zero attached hydrogens (tertiary/aromatic N) is 1. The fourth-order valence-corrected chi connectivity index (χ4v) is 7.52. The standard InChI is InChI=1S/C47H87N3O6/c1-5-8-11-13-20-24-32-41(33-25-21-14-12-9-6-2)56-43(52)35-27-29-38-50(39-31-36-49-45-44(48-4)46(53)47(45)54)37-28-23-19-17-15-16-18-22-26-34-42(51)55-40-30-10-7-3/h41,48-49H,5-40H2,1-4H3. The van der Waals surface area contributed by atoms with Crippen LogP contribution in [0.1, 0.15) is 220 Å². The summed E-state index contributed by atoms with van der Waals surface area (Å²) in [5, 5.41) is 6.00. The second-order valence-electron chi connectivity index (χ2n) is 16.3. The first kappa shape index (κ1) is 51.6. The Hall–Kier alpha value is -2.42. The van der Waals surface area contributed by atoms with Crippen molar-refractivity contribution in [3.05, 3.63) is 20.4 Å². The largest absolute Gasteiger partial charge is 0.466 e. The normalized spacial score (nSPS) is 11.5. The van der Waals surface area contributed by atoms with E-state index in [-0.39, 0.29) is 18.0 Å². The third kappa shape index (κ3) is 27.3. The third-order valence-electron chi connectivity index (χ3n) is 11.1. The molecule has 1 aromatic carbocycles. The molecule has 0 fully saturated rings. The number of anilines is 2. The Labute approximate surface area is 343 Å². The van der Waals surface area contributed by atoms with Crippen molar-refractivity contribution in [2.75, 3.05) is 50.5 Å². The molecular weight excluding hydrogens is 703 g/mol. The molecule has 0 saturated heterocycles. The minimum Gasteiger partial charge on any atom is -0.466 e. The molecule has 326 valence electrons. The van der Waals surface area contributed by atoms with Crippen LogP contribution in [0.2, 0.25) is 0 Å². The summed E-state index contributed by atoms with van der Waals surface area (Å²) >= 11 is 0. The van der Waals surface area contributed by atoms with Gasteiger partial charge in [0.05, 0.1) is 6.61 Å². The second kappa shape index (κ2) is 36.9. The lowest BCUT2D eigenvalue weighted by molar-refractivity contribution is -0.150. The maximum atomic E-state index is 13.0. The van der Waals surface area contributed by atoms with Gasteiger partial charge in [-0.3, -0.25) is 19.2 Å². The van der Waals surface area contributed by atoms with E-state index >= 15 is 0 Å². The minimum atomic E-state index is -0.443. The van der Waals surface area contributed by atoms with E-state index in [0.29, 0.717) is 37.4 Å². The zero-order valence-corrected chi connectivity index (χ0v) is 36.9. The number of ether oxygens (including phenoxy) is 2. The molecule has 0 bridgehead atoms. The van der Waals surface area contributed by atoms with Crippen molar-refractivity contribution in [2.24, 2.45) is 0 Å². The number of hydrogen-bond donors (Lipinski definition) is 2. The van der Waals surface area contributed by atoms with Gasteiger partial charge in [0.1, 0.15) is 17.5 Å². The third-order valence-corrected chi connectivity index (χ3v) is 11.1. The van der Waals surface area contributed by atoms with Crippen LogP contribution in [0.5, 0.6) is 0 Å². The van der Waals surface area contributed by atoms with E-state index in [1.807, 2.05) is 0 Å². The van der Waals surface area contributed by atoms with Crippen LogP contribution in [0.3, 0.4) is 0 Å². The molecule has 0 radical (unpaired) electrons. The molecule has 0 aliphatic rings. The molecule has 0 saturated carbocycles. The molecule has 1 rings (SSSR count). The van der Waals surface area contributed by atoms with E-state index in [4.69, 9.17) is 9.47 Å². The van der Waals surface area contributed by atoms with Crippen molar-refractivity contribution in [3.8, 4) is 0 Å². The summed E-state index contributed by atoms with van der Waals surface area (Å²) in [6.07, 6.45) is 34.6. The molecule has 9 nitrogen and oxygen atoms in total. The Kier molecular flexibility index (Phi) is 34.0. The highest BCUT2D eigenvalue weighted by molar-refractivity contribution is 5.73. The highest BCUT2D eigenvalue weighted by Crippen LogP contribution is 2.19. The lowest BCUT2D eigenvalue weighted by Crippen LogP contribution is -2.37. The van der Waals surface area contributed by atoms with Gasteiger partial charge in [-0.05, 0) is 83.8 Å². The lowest BCUT2D eigenvalue weighted by atomic mass is 10.0. The van der Waals surface area contributed by atoms with Gasteiger partial charge in [0.25, 0.3) is 10.9 Å². The van der Waals surface area contributed by atoms with E-state index in [9.17, 15) is 19.2 Å². The predicted octanol–water partition coefficient (Wildman–Crippen LogP) is 11.6. The molecule has 0 aliphatic heterocycles. The van der Waals surface area contributed by atoms with Crippen LogP contribution in [0.4, 0.5) is 11.4 Å². The van der Waals surface area contributed by atoms with E-state index in [0.717, 1.165) is 103 Å². The van der Waals surface area contributed by atoms with E-state index in [1.54, 1.807) is 7.05 Å². The Bertz CT molecular complexity index is 1130. The summed E-state index contributed by atoms with van der Waals surface area (Å²) in [4.78, 5) is 51.0. The summed E-state index contributed by atoms with van der Waals surface area (Å²) < 4.78 is 11.4. The molecule has 0 amide bonds. The predicted molar refractivity (Wildman–Crippen MR) is 237 cm³/mol. The molecule has 56 heavy (non-hydrogen) atoms. The number of rotatable bonds is 42. The number of nitrogens with one attached hydrogen (secondary N) is 2. The van der Waals surface area contributed by atoms with Crippen LogP contribution in [0, 0.1) is 0 Å². The zero-order chi connectivity index (χ0) is 40.9. The van der Waals surface area contributed by atoms with Crippen molar-refractivity contribution in [1.29, 1.82) is 0 Å². The molecule has 1 aromatic rings. The molecular formula is C47H87N3O6. The van der Waals surface area contributed by atoms with Crippen LogP contribution >= 0.6 is 0 Å². The molecule has 0 spiro atoms. The van der Waals surface area contributed by atoms with Crippen molar-refractivity contribution in [2.45, 2.75) is 226 Å². The Morgan fingerprint density at radius 2 is 0.946 bits per heavy atom. The maximum Gasteiger partial charge on any atom is 0.306 e. The van der Waals surface area contributed by atoms with E-state index in [2.05, 4.69) is 36.3 Å². The Balaban J connectivity index is 2.42. The SMILES string of the molecule is CCCCCCCCC(CCCCCCCC)OC(=O)CCCCN(CCCCCCCCCCCC(=O)OCCCCC)CCCNc1c(NC)c(=O)c1=O. The monoisotopic (exact) mass is 790 g/mol. The second-order valence-corrected chi connectivity index (χ2v) is 16.3. The van der Waals surface area contributed by atoms with Crippen molar-refractivity contribution in [1.82, 2.24) is 4.90 Å². The van der Waals surface area contributed by atoms with Gasteiger partial charge in [-0.1, -0.05) is 143 Å². The van der Waals surface area contributed by atoms with Crippen LogP contribution in [0.15, 0.2) is 9.59 Å². The van der Waals surface area contributed by atoms with Crippen LogP contribution in [-0.4, -0.2) is 62.8 Å². The lowest BCUT2D eigenvalue weighted by Gasteiger charge is -2.23. The zero-order valence-electron chi connectivity index (χ0n) is 36.9. The number of carbonyl (C=O) groups excluding carboxylic acids is 2. The van der Waals surface area contributed by atoms with Gasteiger partial charge < -0.3 is 25.0 Å². The topological polar surface area (TPSA) is 114 Å². The van der Waals surface area contributed by atoms with Gasteiger partial charge in [0.2, 0.25) is 0 Å². The highest BCUT2D eigenvalue weighted by atomic mass is 16.5. The number of hydrogen-bond acceptors (Lipinski definition) is 9. The quantitative estimate of drug-likeness (QED) is 0.0379. The molecule has 0 aromatic heterocycles. The van der Waals surface area contributed by atoms with Crippen molar-refractivity contribution >= 4 is 23.3 Å². The maximum absolute atomic E-state index is 13.0.